The Morgan fingerprint density at radius 3 is 2.41 bits per heavy atom. The highest BCUT2D eigenvalue weighted by molar-refractivity contribution is 7.89. The van der Waals surface area contributed by atoms with E-state index >= 15 is 0 Å². The first-order chi connectivity index (χ1) is 12.7. The number of carboxylic acid groups (broad SMARTS) is 1. The summed E-state index contributed by atoms with van der Waals surface area (Å²) in [5.74, 6) is -1.05. The molecule has 0 saturated carbocycles. The number of sulfonamides is 1. The third-order valence-electron chi connectivity index (χ3n) is 4.45. The maximum Gasteiger partial charge on any atom is 0.335 e. The van der Waals surface area contributed by atoms with Crippen LogP contribution < -0.4 is 14.9 Å². The molecule has 0 saturated heterocycles. The van der Waals surface area contributed by atoms with Gasteiger partial charge >= 0.3 is 12.0 Å². The monoisotopic (exact) mass is 389 g/mol. The van der Waals surface area contributed by atoms with Crippen molar-refractivity contribution in [1.29, 1.82) is 0 Å². The van der Waals surface area contributed by atoms with Gasteiger partial charge < -0.3 is 10.4 Å². The zero-order valence-corrected chi connectivity index (χ0v) is 15.6. The molecule has 0 aliphatic carbocycles. The number of aromatic carboxylic acids is 1. The van der Waals surface area contributed by atoms with E-state index in [1.54, 1.807) is 6.07 Å². The summed E-state index contributed by atoms with van der Waals surface area (Å²) >= 11 is 0. The number of amides is 2. The highest BCUT2D eigenvalue weighted by Crippen LogP contribution is 2.34. The molecule has 1 atom stereocenters. The summed E-state index contributed by atoms with van der Waals surface area (Å²) in [5.41, 5.74) is 1.99. The number of hydrogen-bond donors (Lipinski definition) is 3. The largest absolute Gasteiger partial charge is 0.478 e. The molecule has 0 bridgehead atoms. The molecule has 27 heavy (non-hydrogen) atoms. The maximum absolute atomic E-state index is 12.8. The summed E-state index contributed by atoms with van der Waals surface area (Å²) in [6, 6.07) is 9.96. The second-order valence-corrected chi connectivity index (χ2v) is 8.12. The predicted octanol–water partition coefficient (Wildman–Crippen LogP) is 2.28. The number of carbonyl (C=O) groups is 2. The number of urea groups is 1. The Morgan fingerprint density at radius 2 is 1.81 bits per heavy atom. The Balaban J connectivity index is 1.88. The van der Waals surface area contributed by atoms with Gasteiger partial charge in [-0.25, -0.2) is 22.7 Å². The lowest BCUT2D eigenvalue weighted by molar-refractivity contribution is 0.0697. The van der Waals surface area contributed by atoms with E-state index in [1.807, 2.05) is 6.92 Å². The van der Waals surface area contributed by atoms with Crippen molar-refractivity contribution in [3.05, 3.63) is 53.6 Å². The van der Waals surface area contributed by atoms with E-state index in [-0.39, 0.29) is 16.5 Å². The fourth-order valence-electron chi connectivity index (χ4n) is 3.06. The normalized spacial score (nSPS) is 16.1. The van der Waals surface area contributed by atoms with Gasteiger partial charge in [-0.15, -0.1) is 0 Å². The van der Waals surface area contributed by atoms with Gasteiger partial charge in [0.05, 0.1) is 16.1 Å². The Hall–Kier alpha value is -2.91. The van der Waals surface area contributed by atoms with Crippen LogP contribution in [0.5, 0.6) is 0 Å². The van der Waals surface area contributed by atoms with Crippen LogP contribution >= 0.6 is 0 Å². The van der Waals surface area contributed by atoms with E-state index in [0.717, 1.165) is 5.56 Å². The van der Waals surface area contributed by atoms with Crippen molar-refractivity contribution in [2.75, 3.05) is 17.3 Å². The number of nitrogens with zero attached hydrogens (tertiary/aromatic N) is 1. The third kappa shape index (κ3) is 3.64. The molecule has 0 spiro atoms. The minimum absolute atomic E-state index is 0.0847. The summed E-state index contributed by atoms with van der Waals surface area (Å²) in [6.45, 7) is 1.87. The third-order valence-corrected chi connectivity index (χ3v) is 5.87. The van der Waals surface area contributed by atoms with Crippen molar-refractivity contribution in [2.45, 2.75) is 24.3 Å². The number of carbonyl (C=O) groups excluding carboxylic acids is 1. The van der Waals surface area contributed by atoms with E-state index < -0.39 is 22.0 Å². The van der Waals surface area contributed by atoms with Crippen LogP contribution in [-0.4, -0.2) is 38.6 Å². The first kappa shape index (κ1) is 18.9. The van der Waals surface area contributed by atoms with Crippen molar-refractivity contribution in [2.24, 2.45) is 0 Å². The Morgan fingerprint density at radius 1 is 1.15 bits per heavy atom. The number of rotatable bonds is 4. The van der Waals surface area contributed by atoms with Crippen LogP contribution in [0.2, 0.25) is 0 Å². The van der Waals surface area contributed by atoms with Gasteiger partial charge in [-0.1, -0.05) is 6.07 Å². The van der Waals surface area contributed by atoms with Gasteiger partial charge in [0.15, 0.2) is 0 Å². The van der Waals surface area contributed by atoms with Crippen LogP contribution in [0, 0.1) is 0 Å². The lowest BCUT2D eigenvalue weighted by atomic mass is 10.1. The number of benzene rings is 2. The van der Waals surface area contributed by atoms with Crippen LogP contribution in [0.1, 0.15) is 22.8 Å². The fraction of sp³-hybridized carbons (Fsp3) is 0.222. The minimum Gasteiger partial charge on any atom is -0.478 e. The van der Waals surface area contributed by atoms with Crippen LogP contribution in [0.25, 0.3) is 0 Å². The zero-order chi connectivity index (χ0) is 19.8. The molecule has 9 heteroatoms. The number of carboxylic acids is 1. The van der Waals surface area contributed by atoms with Gasteiger partial charge in [-0.3, -0.25) is 4.90 Å². The average molecular weight is 389 g/mol. The summed E-state index contributed by atoms with van der Waals surface area (Å²) < 4.78 is 26.4. The molecule has 142 valence electrons. The number of anilines is 2. The summed E-state index contributed by atoms with van der Waals surface area (Å²) in [4.78, 5) is 25.3. The lowest BCUT2D eigenvalue weighted by Gasteiger charge is -2.23. The SMILES string of the molecule is CNS(=O)(=O)c1ccc2c(c1)N(C(=O)Nc1ccc(C(=O)O)cc1)C(C)C2. The van der Waals surface area contributed by atoms with Crippen molar-refractivity contribution in [3.63, 3.8) is 0 Å². The van der Waals surface area contributed by atoms with Crippen LogP contribution in [0.4, 0.5) is 16.2 Å². The molecule has 8 nitrogen and oxygen atoms in total. The molecule has 1 aliphatic rings. The van der Waals surface area contributed by atoms with Gasteiger partial charge in [0.1, 0.15) is 0 Å². The van der Waals surface area contributed by atoms with Crippen molar-refractivity contribution < 1.29 is 23.1 Å². The molecular formula is C18H19N3O5S. The molecule has 2 amide bonds. The highest BCUT2D eigenvalue weighted by Gasteiger charge is 2.32. The Kier molecular flexibility index (Phi) is 4.90. The van der Waals surface area contributed by atoms with Crippen LogP contribution in [0.3, 0.4) is 0 Å². The summed E-state index contributed by atoms with van der Waals surface area (Å²) in [5, 5.41) is 11.7. The summed E-state index contributed by atoms with van der Waals surface area (Å²) in [6.07, 6.45) is 0.612. The second-order valence-electron chi connectivity index (χ2n) is 6.23. The van der Waals surface area contributed by atoms with Crippen molar-refractivity contribution in [3.8, 4) is 0 Å². The van der Waals surface area contributed by atoms with Crippen molar-refractivity contribution >= 4 is 33.4 Å². The van der Waals surface area contributed by atoms with E-state index in [1.165, 1.54) is 48.3 Å². The molecule has 3 N–H and O–H groups in total. The first-order valence-electron chi connectivity index (χ1n) is 8.23. The number of nitrogens with one attached hydrogen (secondary N) is 2. The molecule has 0 radical (unpaired) electrons. The van der Waals surface area contributed by atoms with Crippen molar-refractivity contribution in [1.82, 2.24) is 4.72 Å². The van der Waals surface area contributed by atoms with Crippen LogP contribution in [-0.2, 0) is 16.4 Å². The smallest absolute Gasteiger partial charge is 0.335 e. The summed E-state index contributed by atoms with van der Waals surface area (Å²) in [7, 11) is -2.29. The number of hydrogen-bond acceptors (Lipinski definition) is 4. The van der Waals surface area contributed by atoms with E-state index in [4.69, 9.17) is 5.11 Å². The van der Waals surface area contributed by atoms with Gasteiger partial charge in [0, 0.05) is 11.7 Å². The van der Waals surface area contributed by atoms with Gasteiger partial charge in [-0.05, 0) is 62.4 Å². The fourth-order valence-corrected chi connectivity index (χ4v) is 3.81. The van der Waals surface area contributed by atoms with E-state index in [9.17, 15) is 18.0 Å². The molecule has 3 rings (SSSR count). The standard InChI is InChI=1S/C18H19N3O5S/c1-11-9-13-5-8-15(27(25,26)19-2)10-16(13)21(11)18(24)20-14-6-3-12(4-7-14)17(22)23/h3-8,10-11,19H,9H2,1-2H3,(H,20,24)(H,22,23). The van der Waals surface area contributed by atoms with E-state index in [2.05, 4.69) is 10.0 Å². The van der Waals surface area contributed by atoms with Gasteiger partial charge in [0.2, 0.25) is 10.0 Å². The molecule has 1 aliphatic heterocycles. The minimum atomic E-state index is -3.62. The maximum atomic E-state index is 12.8. The lowest BCUT2D eigenvalue weighted by Crippen LogP contribution is -2.39. The predicted molar refractivity (Wildman–Crippen MR) is 101 cm³/mol. The molecule has 1 heterocycles. The molecule has 2 aromatic rings. The Bertz CT molecular complexity index is 1000. The Labute approximate surface area is 156 Å². The quantitative estimate of drug-likeness (QED) is 0.742. The first-order valence-corrected chi connectivity index (χ1v) is 9.71. The van der Waals surface area contributed by atoms with E-state index in [0.29, 0.717) is 17.8 Å². The average Bonchev–Trinajstić information content (AvgIpc) is 2.97. The molecule has 1 unspecified atom stereocenters. The second kappa shape index (κ2) is 7.01. The zero-order valence-electron chi connectivity index (χ0n) is 14.8. The molecular weight excluding hydrogens is 370 g/mol. The van der Waals surface area contributed by atoms with Gasteiger partial charge in [-0.2, -0.15) is 0 Å². The van der Waals surface area contributed by atoms with Gasteiger partial charge in [0.25, 0.3) is 0 Å². The molecule has 2 aromatic carbocycles. The molecule has 0 fully saturated rings. The highest BCUT2D eigenvalue weighted by atomic mass is 32.2. The van der Waals surface area contributed by atoms with Crippen LogP contribution in [0.15, 0.2) is 47.4 Å². The number of fused-ring (bicyclic) bond motifs is 1. The molecule has 0 aromatic heterocycles. The topological polar surface area (TPSA) is 116 Å².